The lowest BCUT2D eigenvalue weighted by atomic mass is 10.1. The molecule has 0 saturated heterocycles. The molecule has 0 aromatic heterocycles. The average molecular weight is 293 g/mol. The summed E-state index contributed by atoms with van der Waals surface area (Å²) in [5.41, 5.74) is 0.386. The van der Waals surface area contributed by atoms with Crippen LogP contribution in [0.2, 0.25) is 0 Å². The number of ether oxygens (including phenoxy) is 1. The van der Waals surface area contributed by atoms with Gasteiger partial charge in [-0.05, 0) is 30.3 Å². The minimum absolute atomic E-state index is 0.0335. The van der Waals surface area contributed by atoms with Gasteiger partial charge in [-0.15, -0.1) is 0 Å². The van der Waals surface area contributed by atoms with Crippen molar-refractivity contribution in [3.8, 4) is 17.2 Å². The molecular weight excluding hydrogens is 278 g/mol. The minimum Gasteiger partial charge on any atom is -0.505 e. The summed E-state index contributed by atoms with van der Waals surface area (Å²) < 4.78 is 5.87. The predicted octanol–water partition coefficient (Wildman–Crippen LogP) is 4.30. The molecule has 0 fully saturated rings. The molecule has 110 valence electrons. The van der Waals surface area contributed by atoms with E-state index < -0.39 is 0 Å². The van der Waals surface area contributed by atoms with Crippen LogP contribution < -0.4 is 10.1 Å². The van der Waals surface area contributed by atoms with Crippen molar-refractivity contribution in [1.82, 2.24) is 0 Å². The highest BCUT2D eigenvalue weighted by Gasteiger charge is 2.11. The molecule has 0 aliphatic heterocycles. The highest BCUT2D eigenvalue weighted by molar-refractivity contribution is 6.00. The number of aromatic hydroxyl groups is 1. The van der Waals surface area contributed by atoms with Gasteiger partial charge in [-0.2, -0.15) is 0 Å². The first-order chi connectivity index (χ1) is 10.6. The predicted molar refractivity (Wildman–Crippen MR) is 86.4 cm³/mol. The monoisotopic (exact) mass is 293 g/mol. The number of amides is 1. The van der Waals surface area contributed by atoms with E-state index in [0.717, 1.165) is 11.1 Å². The van der Waals surface area contributed by atoms with Crippen molar-refractivity contribution in [2.24, 2.45) is 0 Å². The van der Waals surface area contributed by atoms with Gasteiger partial charge in [-0.1, -0.05) is 30.3 Å². The highest BCUT2D eigenvalue weighted by atomic mass is 16.5. The number of anilines is 1. The van der Waals surface area contributed by atoms with Gasteiger partial charge in [0.25, 0.3) is 0 Å². The van der Waals surface area contributed by atoms with Gasteiger partial charge >= 0.3 is 0 Å². The van der Waals surface area contributed by atoms with Crippen molar-refractivity contribution >= 4 is 22.4 Å². The molecule has 4 heteroatoms. The van der Waals surface area contributed by atoms with Gasteiger partial charge in [0.15, 0.2) is 0 Å². The summed E-state index contributed by atoms with van der Waals surface area (Å²) in [7, 11) is 0. The maximum absolute atomic E-state index is 11.2. The summed E-state index contributed by atoms with van der Waals surface area (Å²) in [5, 5.41) is 14.3. The molecule has 0 bridgehead atoms. The molecular formula is C18H15NO3. The van der Waals surface area contributed by atoms with Gasteiger partial charge < -0.3 is 15.2 Å². The van der Waals surface area contributed by atoms with Crippen molar-refractivity contribution < 1.29 is 14.6 Å². The van der Waals surface area contributed by atoms with Crippen LogP contribution in [0.5, 0.6) is 17.2 Å². The Bertz CT molecular complexity index is 828. The second-order valence-corrected chi connectivity index (χ2v) is 4.91. The highest BCUT2D eigenvalue weighted by Crippen LogP contribution is 2.38. The van der Waals surface area contributed by atoms with Crippen LogP contribution >= 0.6 is 0 Å². The molecule has 4 nitrogen and oxygen atoms in total. The Morgan fingerprint density at radius 3 is 2.45 bits per heavy atom. The lowest BCUT2D eigenvalue weighted by Gasteiger charge is -2.12. The largest absolute Gasteiger partial charge is 0.505 e. The number of carbonyl (C=O) groups excluding carboxylic acids is 1. The average Bonchev–Trinajstić information content (AvgIpc) is 2.51. The summed E-state index contributed by atoms with van der Waals surface area (Å²) in [5.74, 6) is 1.17. The van der Waals surface area contributed by atoms with E-state index in [1.165, 1.54) is 6.92 Å². The van der Waals surface area contributed by atoms with Crippen LogP contribution in [-0.2, 0) is 4.79 Å². The summed E-state index contributed by atoms with van der Waals surface area (Å²) in [4.78, 5) is 11.2. The second kappa shape index (κ2) is 5.77. The first-order valence-electron chi connectivity index (χ1n) is 6.90. The first kappa shape index (κ1) is 13.9. The van der Waals surface area contributed by atoms with E-state index in [9.17, 15) is 9.90 Å². The molecule has 3 aromatic carbocycles. The first-order valence-corrected chi connectivity index (χ1v) is 6.90. The van der Waals surface area contributed by atoms with Crippen LogP contribution in [0.25, 0.3) is 10.8 Å². The fourth-order valence-electron chi connectivity index (χ4n) is 2.31. The number of hydrogen-bond donors (Lipinski definition) is 2. The van der Waals surface area contributed by atoms with Gasteiger partial charge in [-0.3, -0.25) is 4.79 Å². The van der Waals surface area contributed by atoms with Gasteiger partial charge in [0.05, 0.1) is 5.69 Å². The third-order valence-corrected chi connectivity index (χ3v) is 3.27. The molecule has 3 rings (SSSR count). The van der Waals surface area contributed by atoms with E-state index in [1.807, 2.05) is 42.5 Å². The molecule has 0 unspecified atom stereocenters. The maximum atomic E-state index is 11.2. The summed E-state index contributed by atoms with van der Waals surface area (Å²) >= 11 is 0. The zero-order chi connectivity index (χ0) is 15.5. The van der Waals surface area contributed by atoms with E-state index >= 15 is 0 Å². The quantitative estimate of drug-likeness (QED) is 0.708. The second-order valence-electron chi connectivity index (χ2n) is 4.91. The third-order valence-electron chi connectivity index (χ3n) is 3.27. The van der Waals surface area contributed by atoms with Crippen LogP contribution in [0.1, 0.15) is 6.92 Å². The minimum atomic E-state index is -0.230. The van der Waals surface area contributed by atoms with Gasteiger partial charge in [0.2, 0.25) is 5.91 Å². The molecule has 0 saturated carbocycles. The Balaban J connectivity index is 2.06. The summed E-state index contributed by atoms with van der Waals surface area (Å²) in [6, 6.07) is 18.4. The molecule has 2 N–H and O–H groups in total. The van der Waals surface area contributed by atoms with E-state index in [0.29, 0.717) is 16.8 Å². The van der Waals surface area contributed by atoms with Crippen molar-refractivity contribution in [2.75, 3.05) is 5.32 Å². The number of carbonyl (C=O) groups is 1. The fourth-order valence-corrected chi connectivity index (χ4v) is 2.31. The van der Waals surface area contributed by atoms with Crippen LogP contribution in [-0.4, -0.2) is 11.0 Å². The van der Waals surface area contributed by atoms with Crippen LogP contribution in [0.15, 0.2) is 60.7 Å². The van der Waals surface area contributed by atoms with Crippen LogP contribution in [0.4, 0.5) is 5.69 Å². The molecule has 0 spiro atoms. The van der Waals surface area contributed by atoms with E-state index in [-0.39, 0.29) is 11.7 Å². The topological polar surface area (TPSA) is 58.6 Å². The van der Waals surface area contributed by atoms with Crippen molar-refractivity contribution in [3.05, 3.63) is 60.7 Å². The van der Waals surface area contributed by atoms with E-state index in [2.05, 4.69) is 5.32 Å². The number of hydrogen-bond acceptors (Lipinski definition) is 3. The lowest BCUT2D eigenvalue weighted by Crippen LogP contribution is -2.05. The number of para-hydroxylation sites is 1. The molecule has 22 heavy (non-hydrogen) atoms. The number of rotatable bonds is 3. The van der Waals surface area contributed by atoms with Gasteiger partial charge in [0, 0.05) is 17.7 Å². The van der Waals surface area contributed by atoms with E-state index in [1.54, 1.807) is 18.2 Å². The van der Waals surface area contributed by atoms with Crippen LogP contribution in [0, 0.1) is 0 Å². The Kier molecular flexibility index (Phi) is 3.66. The Hall–Kier alpha value is -3.01. The fraction of sp³-hybridized carbons (Fsp3) is 0.0556. The number of benzene rings is 3. The summed E-state index contributed by atoms with van der Waals surface area (Å²) in [6.45, 7) is 1.40. The Morgan fingerprint density at radius 1 is 0.955 bits per heavy atom. The van der Waals surface area contributed by atoms with E-state index in [4.69, 9.17) is 4.74 Å². The van der Waals surface area contributed by atoms with Crippen molar-refractivity contribution in [2.45, 2.75) is 6.92 Å². The molecule has 0 radical (unpaired) electrons. The number of phenolic OH excluding ortho intramolecular Hbond substituents is 1. The van der Waals surface area contributed by atoms with Crippen molar-refractivity contribution in [3.63, 3.8) is 0 Å². The SMILES string of the molecule is CC(=O)Nc1ccc2c(Oc3ccccc3)cccc2c1O. The zero-order valence-corrected chi connectivity index (χ0v) is 12.0. The molecule has 3 aromatic rings. The summed E-state index contributed by atoms with van der Waals surface area (Å²) in [6.07, 6.45) is 0. The Morgan fingerprint density at radius 2 is 1.73 bits per heavy atom. The molecule has 0 aliphatic rings. The number of nitrogens with one attached hydrogen (secondary N) is 1. The number of phenols is 1. The normalized spacial score (nSPS) is 10.4. The van der Waals surface area contributed by atoms with Gasteiger partial charge in [-0.25, -0.2) is 0 Å². The number of fused-ring (bicyclic) bond motifs is 1. The smallest absolute Gasteiger partial charge is 0.221 e. The molecule has 0 aliphatic carbocycles. The van der Waals surface area contributed by atoms with Crippen LogP contribution in [0.3, 0.4) is 0 Å². The van der Waals surface area contributed by atoms with Crippen molar-refractivity contribution in [1.29, 1.82) is 0 Å². The molecule has 1 amide bonds. The molecule has 0 atom stereocenters. The molecule has 0 heterocycles. The van der Waals surface area contributed by atoms with Gasteiger partial charge in [0.1, 0.15) is 17.2 Å². The standard InChI is InChI=1S/C18H15NO3/c1-12(20)19-16-11-10-14-15(18(16)21)8-5-9-17(14)22-13-6-3-2-4-7-13/h2-11,21H,1H3,(H,19,20). The zero-order valence-electron chi connectivity index (χ0n) is 12.0. The maximum Gasteiger partial charge on any atom is 0.221 e. The third kappa shape index (κ3) is 2.72. The lowest BCUT2D eigenvalue weighted by molar-refractivity contribution is -0.114. The Labute approximate surface area is 128 Å².